The van der Waals surface area contributed by atoms with Gasteiger partial charge in [-0.25, -0.2) is 4.98 Å². The molecule has 5 heteroatoms. The predicted molar refractivity (Wildman–Crippen MR) is 68.2 cm³/mol. The molecule has 1 saturated heterocycles. The van der Waals surface area contributed by atoms with E-state index in [1.54, 1.807) is 13.2 Å². The molecule has 1 aliphatic heterocycles. The van der Waals surface area contributed by atoms with E-state index in [0.29, 0.717) is 6.54 Å². The Kier molecular flexibility index (Phi) is 3.93. The molecular formula is C12H18N4O. The third-order valence-electron chi connectivity index (χ3n) is 2.80. The van der Waals surface area contributed by atoms with Crippen molar-refractivity contribution in [3.05, 3.63) is 18.3 Å². The molecule has 1 amide bonds. The minimum absolute atomic E-state index is 0.0408. The van der Waals surface area contributed by atoms with Gasteiger partial charge < -0.3 is 15.5 Å². The lowest BCUT2D eigenvalue weighted by Gasteiger charge is -2.19. The molecule has 1 aromatic heterocycles. The molecule has 0 aliphatic carbocycles. The Morgan fingerprint density at radius 2 is 2.24 bits per heavy atom. The van der Waals surface area contributed by atoms with Crippen molar-refractivity contribution in [2.45, 2.75) is 12.8 Å². The molecule has 5 nitrogen and oxygen atoms in total. The second-order valence-corrected chi connectivity index (χ2v) is 4.15. The highest BCUT2D eigenvalue weighted by molar-refractivity contribution is 5.94. The van der Waals surface area contributed by atoms with Gasteiger partial charge in [0.15, 0.2) is 5.82 Å². The van der Waals surface area contributed by atoms with Gasteiger partial charge in [-0.2, -0.15) is 0 Å². The third-order valence-corrected chi connectivity index (χ3v) is 2.80. The highest BCUT2D eigenvalue weighted by Crippen LogP contribution is 2.25. The number of rotatable bonds is 4. The van der Waals surface area contributed by atoms with Crippen LogP contribution in [0.1, 0.15) is 12.8 Å². The first kappa shape index (κ1) is 11.9. The van der Waals surface area contributed by atoms with E-state index in [0.717, 1.165) is 24.6 Å². The van der Waals surface area contributed by atoms with Gasteiger partial charge in [0, 0.05) is 19.3 Å². The zero-order valence-corrected chi connectivity index (χ0v) is 10.1. The van der Waals surface area contributed by atoms with Crippen molar-refractivity contribution in [1.29, 1.82) is 0 Å². The van der Waals surface area contributed by atoms with Crippen LogP contribution >= 0.6 is 0 Å². The Morgan fingerprint density at radius 3 is 2.94 bits per heavy atom. The van der Waals surface area contributed by atoms with Crippen LogP contribution in [-0.4, -0.2) is 37.6 Å². The van der Waals surface area contributed by atoms with Crippen LogP contribution in [0, 0.1) is 0 Å². The fourth-order valence-electron chi connectivity index (χ4n) is 2.03. The maximum absolute atomic E-state index is 11.6. The van der Waals surface area contributed by atoms with E-state index in [1.807, 2.05) is 12.1 Å². The number of carbonyl (C=O) groups excluding carboxylic acids is 1. The maximum Gasteiger partial charge on any atom is 0.238 e. The van der Waals surface area contributed by atoms with Crippen molar-refractivity contribution < 1.29 is 4.79 Å². The third kappa shape index (κ3) is 2.94. The van der Waals surface area contributed by atoms with Crippen LogP contribution in [-0.2, 0) is 4.79 Å². The van der Waals surface area contributed by atoms with Gasteiger partial charge in [-0.1, -0.05) is 0 Å². The fraction of sp³-hybridized carbons (Fsp3) is 0.500. The normalized spacial score (nSPS) is 15.0. The fourth-order valence-corrected chi connectivity index (χ4v) is 2.03. The molecule has 0 bridgehead atoms. The molecule has 0 aromatic carbocycles. The van der Waals surface area contributed by atoms with Crippen LogP contribution in [0.15, 0.2) is 18.3 Å². The van der Waals surface area contributed by atoms with E-state index in [1.165, 1.54) is 12.8 Å². The lowest BCUT2D eigenvalue weighted by molar-refractivity contribution is -0.115. The molecule has 0 spiro atoms. The molecular weight excluding hydrogens is 216 g/mol. The van der Waals surface area contributed by atoms with Crippen LogP contribution in [0.2, 0.25) is 0 Å². The summed E-state index contributed by atoms with van der Waals surface area (Å²) in [7, 11) is 1.75. The van der Waals surface area contributed by atoms with Crippen LogP contribution in [0.4, 0.5) is 11.5 Å². The molecule has 17 heavy (non-hydrogen) atoms. The molecule has 0 unspecified atom stereocenters. The van der Waals surface area contributed by atoms with E-state index >= 15 is 0 Å². The summed E-state index contributed by atoms with van der Waals surface area (Å²) in [6.45, 7) is 2.35. The van der Waals surface area contributed by atoms with Gasteiger partial charge in [-0.15, -0.1) is 0 Å². The molecule has 2 rings (SSSR count). The number of aromatic nitrogens is 1. The van der Waals surface area contributed by atoms with Crippen molar-refractivity contribution >= 4 is 17.4 Å². The topological polar surface area (TPSA) is 57.3 Å². The van der Waals surface area contributed by atoms with Crippen molar-refractivity contribution in [3.63, 3.8) is 0 Å². The Bertz CT molecular complexity index is 388. The monoisotopic (exact) mass is 234 g/mol. The van der Waals surface area contributed by atoms with Gasteiger partial charge in [-0.3, -0.25) is 4.79 Å². The predicted octanol–water partition coefficient (Wildman–Crippen LogP) is 0.840. The Labute approximate surface area is 101 Å². The molecule has 2 heterocycles. The standard InChI is InChI=1S/C12H18N4O/c1-13-9-11(17)15-10-5-4-6-14-12(10)16-7-2-3-8-16/h4-6,13H,2-3,7-9H2,1H3,(H,15,17). The summed E-state index contributed by atoms with van der Waals surface area (Å²) in [5.74, 6) is 0.843. The van der Waals surface area contributed by atoms with Crippen molar-refractivity contribution in [2.24, 2.45) is 0 Å². The first-order valence-corrected chi connectivity index (χ1v) is 5.95. The molecule has 0 saturated carbocycles. The molecule has 92 valence electrons. The van der Waals surface area contributed by atoms with Gasteiger partial charge in [0.1, 0.15) is 0 Å². The Hall–Kier alpha value is -1.62. The molecule has 1 fully saturated rings. The number of hydrogen-bond acceptors (Lipinski definition) is 4. The summed E-state index contributed by atoms with van der Waals surface area (Å²) in [4.78, 5) is 18.1. The Morgan fingerprint density at radius 1 is 1.47 bits per heavy atom. The minimum Gasteiger partial charge on any atom is -0.355 e. The number of nitrogens with zero attached hydrogens (tertiary/aromatic N) is 2. The summed E-state index contributed by atoms with van der Waals surface area (Å²) in [5.41, 5.74) is 0.801. The minimum atomic E-state index is -0.0408. The number of likely N-dealkylation sites (N-methyl/N-ethyl adjacent to an activating group) is 1. The van der Waals surface area contributed by atoms with Crippen molar-refractivity contribution in [2.75, 3.05) is 36.9 Å². The molecule has 1 aromatic rings. The molecule has 1 aliphatic rings. The number of pyridine rings is 1. The van der Waals surface area contributed by atoms with Gasteiger partial charge >= 0.3 is 0 Å². The summed E-state index contributed by atoms with van der Waals surface area (Å²) < 4.78 is 0. The van der Waals surface area contributed by atoms with Crippen molar-refractivity contribution in [1.82, 2.24) is 10.3 Å². The maximum atomic E-state index is 11.6. The molecule has 2 N–H and O–H groups in total. The number of amides is 1. The number of hydrogen-bond donors (Lipinski definition) is 2. The Balaban J connectivity index is 2.12. The lowest BCUT2D eigenvalue weighted by atomic mass is 10.3. The zero-order valence-electron chi connectivity index (χ0n) is 10.1. The number of carbonyl (C=O) groups is 1. The molecule has 0 atom stereocenters. The second kappa shape index (κ2) is 5.63. The lowest BCUT2D eigenvalue weighted by Crippen LogP contribution is -2.27. The summed E-state index contributed by atoms with van der Waals surface area (Å²) in [5, 5.41) is 5.71. The van der Waals surface area contributed by atoms with E-state index in [9.17, 15) is 4.79 Å². The van der Waals surface area contributed by atoms with E-state index in [2.05, 4.69) is 20.5 Å². The van der Waals surface area contributed by atoms with Gasteiger partial charge in [-0.05, 0) is 32.0 Å². The average molecular weight is 234 g/mol. The largest absolute Gasteiger partial charge is 0.355 e. The summed E-state index contributed by atoms with van der Waals surface area (Å²) >= 11 is 0. The SMILES string of the molecule is CNCC(=O)Nc1cccnc1N1CCCC1. The first-order chi connectivity index (χ1) is 8.31. The van der Waals surface area contributed by atoms with E-state index in [4.69, 9.17) is 0 Å². The van der Waals surface area contributed by atoms with Crippen LogP contribution in [0.25, 0.3) is 0 Å². The van der Waals surface area contributed by atoms with Crippen LogP contribution in [0.3, 0.4) is 0 Å². The first-order valence-electron chi connectivity index (χ1n) is 5.95. The van der Waals surface area contributed by atoms with Crippen LogP contribution in [0.5, 0.6) is 0 Å². The average Bonchev–Trinajstić information content (AvgIpc) is 2.83. The van der Waals surface area contributed by atoms with E-state index in [-0.39, 0.29) is 5.91 Å². The summed E-state index contributed by atoms with van der Waals surface area (Å²) in [6, 6.07) is 3.74. The van der Waals surface area contributed by atoms with Crippen molar-refractivity contribution in [3.8, 4) is 0 Å². The zero-order chi connectivity index (χ0) is 12.1. The molecule has 0 radical (unpaired) electrons. The quantitative estimate of drug-likeness (QED) is 0.810. The van der Waals surface area contributed by atoms with Gasteiger partial charge in [0.2, 0.25) is 5.91 Å². The number of nitrogens with one attached hydrogen (secondary N) is 2. The second-order valence-electron chi connectivity index (χ2n) is 4.15. The van der Waals surface area contributed by atoms with E-state index < -0.39 is 0 Å². The van der Waals surface area contributed by atoms with Gasteiger partial charge in [0.05, 0.1) is 12.2 Å². The van der Waals surface area contributed by atoms with Crippen LogP contribution < -0.4 is 15.5 Å². The summed E-state index contributed by atoms with van der Waals surface area (Å²) in [6.07, 6.45) is 4.16. The highest BCUT2D eigenvalue weighted by atomic mass is 16.1. The number of anilines is 2. The smallest absolute Gasteiger partial charge is 0.238 e. The highest BCUT2D eigenvalue weighted by Gasteiger charge is 2.17. The van der Waals surface area contributed by atoms with Gasteiger partial charge in [0.25, 0.3) is 0 Å².